The van der Waals surface area contributed by atoms with Crippen LogP contribution in [0.4, 0.5) is 0 Å². The van der Waals surface area contributed by atoms with Gasteiger partial charge >= 0.3 is 0 Å². The number of hydrogen-bond acceptors (Lipinski definition) is 1. The van der Waals surface area contributed by atoms with Gasteiger partial charge in [0.2, 0.25) is 0 Å². The minimum atomic E-state index is -0.260. The molecular formula is C42H26O. The van der Waals surface area contributed by atoms with Crippen LogP contribution in [0.25, 0.3) is 87.6 Å². The smallest absolute Gasteiger partial charge is 0.143 e. The highest BCUT2D eigenvalue weighted by molar-refractivity contribution is 6.22. The van der Waals surface area contributed by atoms with Crippen LogP contribution in [0.15, 0.2) is 162 Å². The van der Waals surface area contributed by atoms with E-state index in [9.17, 15) is 0 Å². The Morgan fingerprint density at radius 1 is 0.395 bits per heavy atom. The maximum atomic E-state index is 8.63. The van der Waals surface area contributed by atoms with E-state index in [1.807, 2.05) is 12.1 Å². The first-order valence-corrected chi connectivity index (χ1v) is 14.4. The monoisotopic (exact) mass is 550 g/mol. The summed E-state index contributed by atoms with van der Waals surface area (Å²) in [5, 5.41) is 7.21. The summed E-state index contributed by atoms with van der Waals surface area (Å²) in [6.45, 7) is 0. The summed E-state index contributed by atoms with van der Waals surface area (Å²) in [6.07, 6.45) is 0. The zero-order chi connectivity index (χ0) is 31.8. The van der Waals surface area contributed by atoms with Gasteiger partial charge in [-0.15, -0.1) is 0 Å². The molecule has 0 aliphatic heterocycles. The van der Waals surface area contributed by atoms with Gasteiger partial charge in [0, 0.05) is 16.2 Å². The number of hydrogen-bond donors (Lipinski definition) is 0. The van der Waals surface area contributed by atoms with Crippen LogP contribution in [0, 0.1) is 0 Å². The highest BCUT2D eigenvalue weighted by atomic mass is 16.3. The number of fused-ring (bicyclic) bond motifs is 7. The fourth-order valence-electron chi connectivity index (χ4n) is 6.63. The topological polar surface area (TPSA) is 13.1 Å². The summed E-state index contributed by atoms with van der Waals surface area (Å²) in [5.74, 6) is 0. The van der Waals surface area contributed by atoms with Crippen molar-refractivity contribution in [3.8, 4) is 33.4 Å². The molecule has 0 radical (unpaired) electrons. The van der Waals surface area contributed by atoms with E-state index in [1.54, 1.807) is 6.07 Å². The number of benzene rings is 8. The molecule has 200 valence electrons. The molecule has 43 heavy (non-hydrogen) atoms. The molecule has 1 heteroatoms. The summed E-state index contributed by atoms with van der Waals surface area (Å²) in [4.78, 5) is 0. The van der Waals surface area contributed by atoms with Crippen molar-refractivity contribution in [2.75, 3.05) is 0 Å². The second-order valence-electron chi connectivity index (χ2n) is 11.0. The van der Waals surface area contributed by atoms with Crippen LogP contribution in [-0.2, 0) is 0 Å². The fraction of sp³-hybridized carbons (Fsp3) is 0. The Morgan fingerprint density at radius 3 is 1.63 bits per heavy atom. The van der Waals surface area contributed by atoms with Gasteiger partial charge < -0.3 is 4.42 Å². The lowest BCUT2D eigenvalue weighted by Crippen LogP contribution is -1.91. The fourth-order valence-corrected chi connectivity index (χ4v) is 6.63. The van der Waals surface area contributed by atoms with E-state index >= 15 is 0 Å². The van der Waals surface area contributed by atoms with Crippen LogP contribution in [0.1, 0.15) is 5.48 Å². The molecule has 0 bridgehead atoms. The van der Waals surface area contributed by atoms with Crippen molar-refractivity contribution >= 4 is 54.3 Å². The highest BCUT2D eigenvalue weighted by Gasteiger charge is 2.18. The zero-order valence-electron chi connectivity index (χ0n) is 27.1. The van der Waals surface area contributed by atoms with Crippen LogP contribution in [0.2, 0.25) is 0 Å². The molecule has 0 saturated heterocycles. The molecule has 0 spiro atoms. The normalized spacial score (nSPS) is 13.0. The van der Waals surface area contributed by atoms with Gasteiger partial charge in [0.25, 0.3) is 0 Å². The summed E-state index contributed by atoms with van der Waals surface area (Å²) in [5.41, 5.74) is 8.02. The molecule has 0 aliphatic carbocycles. The van der Waals surface area contributed by atoms with E-state index in [0.717, 1.165) is 38.2 Å². The second-order valence-corrected chi connectivity index (χ2v) is 11.0. The third-order valence-electron chi connectivity index (χ3n) is 8.59. The third-order valence-corrected chi connectivity index (χ3v) is 8.59. The van der Waals surface area contributed by atoms with Gasteiger partial charge in [0.15, 0.2) is 0 Å². The molecule has 0 N–H and O–H groups in total. The van der Waals surface area contributed by atoms with Gasteiger partial charge in [0.05, 0.1) is 5.48 Å². The van der Waals surface area contributed by atoms with Crippen molar-refractivity contribution < 1.29 is 9.90 Å². The molecule has 0 unspecified atom stereocenters. The lowest BCUT2D eigenvalue weighted by molar-refractivity contribution is 0.673. The average molecular weight is 551 g/mol. The maximum Gasteiger partial charge on any atom is 0.143 e. The highest BCUT2D eigenvalue weighted by Crippen LogP contribution is 2.45. The Morgan fingerprint density at radius 2 is 0.930 bits per heavy atom. The molecule has 9 rings (SSSR count). The molecule has 0 saturated carbocycles. The molecule has 8 aromatic carbocycles. The zero-order valence-corrected chi connectivity index (χ0v) is 23.1. The van der Waals surface area contributed by atoms with E-state index in [1.165, 1.54) is 27.5 Å². The predicted octanol–water partition coefficient (Wildman–Crippen LogP) is 12.0. The van der Waals surface area contributed by atoms with Crippen molar-refractivity contribution in [3.63, 3.8) is 0 Å². The van der Waals surface area contributed by atoms with Crippen molar-refractivity contribution in [1.82, 2.24) is 0 Å². The Balaban J connectivity index is 1.28. The summed E-state index contributed by atoms with van der Waals surface area (Å²) >= 11 is 0. The molecule has 1 heterocycles. The molecule has 0 amide bonds. The van der Waals surface area contributed by atoms with Crippen molar-refractivity contribution in [2.45, 2.75) is 0 Å². The van der Waals surface area contributed by atoms with Gasteiger partial charge in [-0.2, -0.15) is 0 Å². The Kier molecular flexibility index (Phi) is 4.45. The van der Waals surface area contributed by atoms with E-state index in [2.05, 4.69) is 115 Å². The van der Waals surface area contributed by atoms with Gasteiger partial charge in [-0.25, -0.2) is 0 Å². The number of furan rings is 1. The lowest BCUT2D eigenvalue weighted by atomic mass is 9.85. The Hall–Kier alpha value is -5.66. The van der Waals surface area contributed by atoms with Crippen LogP contribution in [0.3, 0.4) is 0 Å². The number of rotatable bonds is 3. The molecule has 1 aromatic heterocycles. The predicted molar refractivity (Wildman–Crippen MR) is 183 cm³/mol. The summed E-state index contributed by atoms with van der Waals surface area (Å²) < 4.78 is 39.9. The van der Waals surface area contributed by atoms with Crippen molar-refractivity contribution in [3.05, 3.63) is 158 Å². The summed E-state index contributed by atoms with van der Waals surface area (Å²) in [7, 11) is 0. The SMILES string of the molecule is [2H]c1c([2H])c([2H])c2c(ccc3c4ccc(-c5c6ccccc6c(-c6ccc(-c7ccccc7)cc6)c6ccccc56)cc4oc32)c1[2H]. The largest absolute Gasteiger partial charge is 0.455 e. The van der Waals surface area contributed by atoms with Gasteiger partial charge in [0.1, 0.15) is 11.2 Å². The first-order valence-electron chi connectivity index (χ1n) is 16.4. The van der Waals surface area contributed by atoms with Crippen LogP contribution < -0.4 is 0 Å². The van der Waals surface area contributed by atoms with Crippen LogP contribution in [-0.4, -0.2) is 0 Å². The third kappa shape index (κ3) is 3.72. The van der Waals surface area contributed by atoms with Crippen molar-refractivity contribution in [2.24, 2.45) is 0 Å². The van der Waals surface area contributed by atoms with Crippen molar-refractivity contribution in [1.29, 1.82) is 0 Å². The van der Waals surface area contributed by atoms with E-state index in [-0.39, 0.29) is 24.2 Å². The van der Waals surface area contributed by atoms with E-state index < -0.39 is 0 Å². The lowest BCUT2D eigenvalue weighted by Gasteiger charge is -2.18. The first-order chi connectivity index (χ1) is 23.0. The van der Waals surface area contributed by atoms with Crippen LogP contribution in [0.5, 0.6) is 0 Å². The van der Waals surface area contributed by atoms with E-state index in [4.69, 9.17) is 9.90 Å². The molecule has 0 aliphatic rings. The van der Waals surface area contributed by atoms with Gasteiger partial charge in [-0.3, -0.25) is 0 Å². The standard InChI is InChI=1S/C42H26O/c1-2-10-27(11-3-1)28-18-20-30(21-19-28)40-34-14-6-8-16-36(34)41(37-17-9-7-15-35(37)40)31-23-24-33-38-25-22-29-12-4-5-13-32(29)42(38)43-39(33)26-31/h1-26H/i4D,5D,12D,13D. The molecular weight excluding hydrogens is 520 g/mol. The first kappa shape index (κ1) is 20.3. The molecule has 9 aromatic rings. The maximum absolute atomic E-state index is 8.63. The summed E-state index contributed by atoms with van der Waals surface area (Å²) in [6, 6.07) is 45.7. The minimum Gasteiger partial charge on any atom is -0.455 e. The molecule has 1 nitrogen and oxygen atoms in total. The molecule has 0 atom stereocenters. The van der Waals surface area contributed by atoms with Gasteiger partial charge in [-0.05, 0) is 78.5 Å². The second kappa shape index (κ2) is 9.44. The minimum absolute atomic E-state index is 0.0585. The van der Waals surface area contributed by atoms with E-state index in [0.29, 0.717) is 21.9 Å². The Bertz CT molecular complexity index is 2650. The average Bonchev–Trinajstić information content (AvgIpc) is 3.50. The Labute approximate surface area is 254 Å². The quantitative estimate of drug-likeness (QED) is 0.199. The van der Waals surface area contributed by atoms with Crippen LogP contribution >= 0.6 is 0 Å². The molecule has 0 fully saturated rings. The van der Waals surface area contributed by atoms with Gasteiger partial charge in [-0.1, -0.05) is 139 Å².